The fraction of sp³-hybridized carbons (Fsp3) is 0.650. The molecule has 3 nitrogen and oxygen atoms in total. The van der Waals surface area contributed by atoms with Gasteiger partial charge in [0.2, 0.25) is 0 Å². The van der Waals surface area contributed by atoms with Crippen LogP contribution in [0, 0.1) is 0 Å². The van der Waals surface area contributed by atoms with Crippen molar-refractivity contribution >= 4 is 20.3 Å². The normalized spacial score (nSPS) is 12.8. The van der Waals surface area contributed by atoms with E-state index < -0.39 is 8.24 Å². The summed E-state index contributed by atoms with van der Waals surface area (Å²) in [6, 6.07) is 2.10. The van der Waals surface area contributed by atoms with Crippen molar-refractivity contribution in [3.63, 3.8) is 0 Å². The molecule has 0 spiro atoms. The molecular formula is C20H35NO2Si. The first-order valence-corrected chi connectivity index (χ1v) is 11.5. The zero-order valence-electron chi connectivity index (χ0n) is 16.5. The lowest BCUT2D eigenvalue weighted by Gasteiger charge is -2.44. The second-order valence-electron chi connectivity index (χ2n) is 7.56. The molecule has 0 N–H and O–H groups in total. The van der Waals surface area contributed by atoms with Crippen molar-refractivity contribution in [2.24, 2.45) is 0 Å². The van der Waals surface area contributed by atoms with Crippen LogP contribution in [0.4, 0.5) is 0 Å². The fourth-order valence-corrected chi connectivity index (χ4v) is 10.7. The van der Waals surface area contributed by atoms with E-state index in [0.717, 1.165) is 18.4 Å². The average molecular weight is 350 g/mol. The summed E-state index contributed by atoms with van der Waals surface area (Å²) < 4.78 is 7.65. The van der Waals surface area contributed by atoms with Crippen LogP contribution in [-0.2, 0) is 9.53 Å². The van der Waals surface area contributed by atoms with E-state index in [0.29, 0.717) is 23.2 Å². The number of rotatable bonds is 9. The number of carbonyl (C=O) groups excluding carboxylic acids is 1. The van der Waals surface area contributed by atoms with Gasteiger partial charge in [0.15, 0.2) is 8.24 Å². The molecule has 0 aliphatic heterocycles. The third-order valence-corrected chi connectivity index (χ3v) is 11.8. The lowest BCUT2D eigenvalue weighted by molar-refractivity contribution is -0.137. The maximum Gasteiger partial charge on any atom is 0.330 e. The molecule has 0 aliphatic carbocycles. The summed E-state index contributed by atoms with van der Waals surface area (Å²) in [6.45, 7) is 16.7. The molecule has 0 atom stereocenters. The lowest BCUT2D eigenvalue weighted by Crippen LogP contribution is -2.51. The number of carbonyl (C=O) groups is 1. The van der Waals surface area contributed by atoms with Crippen LogP contribution in [0.3, 0.4) is 0 Å². The molecule has 0 aromatic carbocycles. The summed E-state index contributed by atoms with van der Waals surface area (Å²) in [5.74, 6) is -0.253. The molecule has 0 saturated carbocycles. The van der Waals surface area contributed by atoms with Crippen LogP contribution >= 0.6 is 0 Å². The van der Waals surface area contributed by atoms with Gasteiger partial charge in [-0.2, -0.15) is 0 Å². The quantitative estimate of drug-likeness (QED) is 0.242. The minimum Gasteiger partial charge on any atom is -0.463 e. The predicted octanol–water partition coefficient (Wildman–Crippen LogP) is 5.87. The molecule has 24 heavy (non-hydrogen) atoms. The minimum absolute atomic E-state index is 0.253. The highest BCUT2D eigenvalue weighted by atomic mass is 28.3. The number of esters is 1. The highest BCUT2D eigenvalue weighted by Crippen LogP contribution is 2.42. The zero-order valence-corrected chi connectivity index (χ0v) is 17.5. The standard InChI is InChI=1S/C20H35NO2Si/c1-8-9-14-23-20(22)11-10-19-12-13-21(15-19)24(16(2)3,17(4)5)18(6)7/h10-13,15-18H,8-9,14H2,1-7H3/b11-10-. The van der Waals surface area contributed by atoms with Gasteiger partial charge in [0, 0.05) is 12.3 Å². The van der Waals surface area contributed by atoms with Gasteiger partial charge < -0.3 is 8.97 Å². The number of unbranched alkanes of at least 4 members (excludes halogenated alkanes) is 1. The summed E-state index contributed by atoms with van der Waals surface area (Å²) in [4.78, 5) is 11.7. The number of hydrogen-bond donors (Lipinski definition) is 0. The molecule has 1 aromatic heterocycles. The Bertz CT molecular complexity index is 522. The summed E-state index contributed by atoms with van der Waals surface area (Å²) >= 11 is 0. The molecule has 0 aliphatic rings. The number of hydrogen-bond acceptors (Lipinski definition) is 2. The largest absolute Gasteiger partial charge is 0.463 e. The molecule has 0 amide bonds. The van der Waals surface area contributed by atoms with Crippen LogP contribution in [0.1, 0.15) is 66.9 Å². The van der Waals surface area contributed by atoms with Gasteiger partial charge in [-0.05, 0) is 46.9 Å². The van der Waals surface area contributed by atoms with Crippen molar-refractivity contribution in [3.8, 4) is 0 Å². The molecule has 0 unspecified atom stereocenters. The monoisotopic (exact) mass is 349 g/mol. The Labute approximate surface area is 149 Å². The molecule has 1 heterocycles. The van der Waals surface area contributed by atoms with Gasteiger partial charge in [0.1, 0.15) is 0 Å². The Balaban J connectivity index is 2.95. The molecular weight excluding hydrogens is 314 g/mol. The van der Waals surface area contributed by atoms with E-state index in [1.807, 2.05) is 6.08 Å². The van der Waals surface area contributed by atoms with Crippen molar-refractivity contribution < 1.29 is 9.53 Å². The second kappa shape index (κ2) is 9.26. The Kier molecular flexibility index (Phi) is 8.00. The van der Waals surface area contributed by atoms with Crippen molar-refractivity contribution in [2.45, 2.75) is 77.9 Å². The molecule has 1 aromatic rings. The number of ether oxygens (including phenoxy) is 1. The van der Waals surface area contributed by atoms with E-state index in [9.17, 15) is 4.79 Å². The highest BCUT2D eigenvalue weighted by molar-refractivity contribution is 6.82. The van der Waals surface area contributed by atoms with Gasteiger partial charge >= 0.3 is 5.97 Å². The Morgan fingerprint density at radius 1 is 1.17 bits per heavy atom. The van der Waals surface area contributed by atoms with Gasteiger partial charge in [0.25, 0.3) is 0 Å². The Morgan fingerprint density at radius 3 is 2.25 bits per heavy atom. The van der Waals surface area contributed by atoms with Crippen molar-refractivity contribution in [3.05, 3.63) is 30.1 Å². The lowest BCUT2D eigenvalue weighted by atomic mass is 10.3. The minimum atomic E-state index is -1.70. The topological polar surface area (TPSA) is 31.2 Å². The fourth-order valence-electron chi connectivity index (χ4n) is 4.18. The highest BCUT2D eigenvalue weighted by Gasteiger charge is 2.44. The van der Waals surface area contributed by atoms with Gasteiger partial charge in [-0.3, -0.25) is 0 Å². The van der Waals surface area contributed by atoms with E-state index in [2.05, 4.69) is 71.2 Å². The molecule has 0 saturated heterocycles. The molecule has 4 heteroatoms. The SMILES string of the molecule is CCCCOC(=O)/C=C\c1ccn([Si](C(C)C)(C(C)C)C(C)C)c1. The number of nitrogens with zero attached hydrogens (tertiary/aromatic N) is 1. The van der Waals surface area contributed by atoms with Gasteiger partial charge in [-0.25, -0.2) is 4.79 Å². The van der Waals surface area contributed by atoms with Crippen LogP contribution in [0.25, 0.3) is 6.08 Å². The van der Waals surface area contributed by atoms with E-state index in [1.54, 1.807) is 6.08 Å². The summed E-state index contributed by atoms with van der Waals surface area (Å²) in [5.41, 5.74) is 3.03. The predicted molar refractivity (Wildman–Crippen MR) is 106 cm³/mol. The summed E-state index contributed by atoms with van der Waals surface area (Å²) in [7, 11) is -1.70. The molecule has 0 fully saturated rings. The van der Waals surface area contributed by atoms with Gasteiger partial charge in [0.05, 0.1) is 6.61 Å². The van der Waals surface area contributed by atoms with Gasteiger partial charge in [-0.1, -0.05) is 54.9 Å². The average Bonchev–Trinajstić information content (AvgIpc) is 2.94. The van der Waals surface area contributed by atoms with E-state index >= 15 is 0 Å². The molecule has 0 radical (unpaired) electrons. The first-order valence-electron chi connectivity index (χ1n) is 9.30. The Hall–Kier alpha value is -1.29. The number of aromatic nitrogens is 1. The van der Waals surface area contributed by atoms with Crippen molar-refractivity contribution in [1.29, 1.82) is 0 Å². The maximum atomic E-state index is 11.7. The Morgan fingerprint density at radius 2 is 1.75 bits per heavy atom. The molecule has 1 rings (SSSR count). The van der Waals surface area contributed by atoms with Crippen molar-refractivity contribution in [2.75, 3.05) is 6.61 Å². The van der Waals surface area contributed by atoms with Crippen LogP contribution in [0.2, 0.25) is 16.6 Å². The van der Waals surface area contributed by atoms with E-state index in [4.69, 9.17) is 4.74 Å². The first kappa shape index (κ1) is 20.8. The first-order chi connectivity index (χ1) is 11.3. The smallest absolute Gasteiger partial charge is 0.330 e. The van der Waals surface area contributed by atoms with E-state index in [-0.39, 0.29) is 5.97 Å². The third-order valence-electron chi connectivity index (χ3n) is 5.09. The summed E-state index contributed by atoms with van der Waals surface area (Å²) in [5, 5.41) is 0. The third kappa shape index (κ3) is 4.62. The molecule has 136 valence electrons. The van der Waals surface area contributed by atoms with E-state index in [1.165, 1.54) is 0 Å². The maximum absolute atomic E-state index is 11.7. The molecule has 0 bridgehead atoms. The zero-order chi connectivity index (χ0) is 18.3. The summed E-state index contributed by atoms with van der Waals surface area (Å²) in [6.07, 6.45) is 9.77. The van der Waals surface area contributed by atoms with Crippen LogP contribution in [-0.4, -0.2) is 25.0 Å². The van der Waals surface area contributed by atoms with Crippen LogP contribution in [0.15, 0.2) is 24.5 Å². The van der Waals surface area contributed by atoms with Gasteiger partial charge in [-0.15, -0.1) is 0 Å². The van der Waals surface area contributed by atoms with Crippen LogP contribution < -0.4 is 0 Å². The van der Waals surface area contributed by atoms with Crippen molar-refractivity contribution in [1.82, 2.24) is 4.23 Å². The van der Waals surface area contributed by atoms with Crippen LogP contribution in [0.5, 0.6) is 0 Å². The second-order valence-corrected chi connectivity index (χ2v) is 13.3.